The third kappa shape index (κ3) is 3.32. The predicted molar refractivity (Wildman–Crippen MR) is 99.5 cm³/mol. The van der Waals surface area contributed by atoms with Gasteiger partial charge in [0, 0.05) is 41.2 Å². The van der Waals surface area contributed by atoms with Crippen LogP contribution in [0.2, 0.25) is 0 Å². The highest BCUT2D eigenvalue weighted by Gasteiger charge is 2.13. The Morgan fingerprint density at radius 1 is 1.11 bits per heavy atom. The van der Waals surface area contributed by atoms with Gasteiger partial charge >= 0.3 is 0 Å². The fourth-order valence-corrected chi connectivity index (χ4v) is 2.79. The predicted octanol–water partition coefficient (Wildman–Crippen LogP) is 4.50. The summed E-state index contributed by atoms with van der Waals surface area (Å²) in [5.74, 6) is 0.337. The second kappa shape index (κ2) is 6.49. The molecule has 0 saturated carbocycles. The molecular formula is C19H14FN5O2. The van der Waals surface area contributed by atoms with E-state index in [1.165, 1.54) is 24.3 Å². The Balaban J connectivity index is 1.79. The number of nitro benzene ring substituents is 1. The van der Waals surface area contributed by atoms with E-state index in [1.807, 2.05) is 13.0 Å². The Labute approximate surface area is 153 Å². The molecule has 4 rings (SSSR count). The number of halogens is 1. The summed E-state index contributed by atoms with van der Waals surface area (Å²) in [6.45, 7) is 1.86. The molecule has 1 N–H and O–H groups in total. The molecule has 2 aromatic carbocycles. The van der Waals surface area contributed by atoms with Crippen molar-refractivity contribution in [1.82, 2.24) is 14.6 Å². The summed E-state index contributed by atoms with van der Waals surface area (Å²) in [7, 11) is 0. The normalized spacial score (nSPS) is 10.9. The average molecular weight is 363 g/mol. The lowest BCUT2D eigenvalue weighted by atomic mass is 10.1. The largest absolute Gasteiger partial charge is 0.340 e. The van der Waals surface area contributed by atoms with Crippen molar-refractivity contribution >= 4 is 22.8 Å². The second-order valence-corrected chi connectivity index (χ2v) is 6.02. The number of nitrogens with one attached hydrogen (secondary N) is 1. The number of benzene rings is 2. The Hall–Kier alpha value is -3.81. The second-order valence-electron chi connectivity index (χ2n) is 6.02. The van der Waals surface area contributed by atoms with Crippen LogP contribution in [0.1, 0.15) is 5.69 Å². The van der Waals surface area contributed by atoms with Crippen LogP contribution in [0.5, 0.6) is 0 Å². The smallest absolute Gasteiger partial charge is 0.270 e. The number of nitrogens with zero attached hydrogens (tertiary/aromatic N) is 4. The van der Waals surface area contributed by atoms with Gasteiger partial charge in [-0.1, -0.05) is 12.1 Å². The summed E-state index contributed by atoms with van der Waals surface area (Å²) in [6.07, 6.45) is 0. The van der Waals surface area contributed by atoms with Crippen molar-refractivity contribution < 1.29 is 9.31 Å². The summed E-state index contributed by atoms with van der Waals surface area (Å²) in [5, 5.41) is 18.7. The Morgan fingerprint density at radius 3 is 2.63 bits per heavy atom. The van der Waals surface area contributed by atoms with Gasteiger partial charge in [-0.05, 0) is 31.2 Å². The van der Waals surface area contributed by atoms with Crippen LogP contribution < -0.4 is 5.32 Å². The van der Waals surface area contributed by atoms with Crippen molar-refractivity contribution in [2.45, 2.75) is 6.92 Å². The lowest BCUT2D eigenvalue weighted by Crippen LogP contribution is -2.02. The first-order valence-electron chi connectivity index (χ1n) is 8.14. The van der Waals surface area contributed by atoms with Gasteiger partial charge in [0.05, 0.1) is 10.6 Å². The van der Waals surface area contributed by atoms with Crippen molar-refractivity contribution in [2.75, 3.05) is 5.32 Å². The summed E-state index contributed by atoms with van der Waals surface area (Å²) >= 11 is 0. The molecule has 0 saturated heterocycles. The molecule has 27 heavy (non-hydrogen) atoms. The van der Waals surface area contributed by atoms with E-state index in [1.54, 1.807) is 34.8 Å². The average Bonchev–Trinajstić information content (AvgIpc) is 3.08. The Bertz CT molecular complexity index is 1150. The zero-order valence-corrected chi connectivity index (χ0v) is 14.3. The maximum absolute atomic E-state index is 13.1. The fraction of sp³-hybridized carbons (Fsp3) is 0.0526. The van der Waals surface area contributed by atoms with E-state index >= 15 is 0 Å². The topological polar surface area (TPSA) is 85.4 Å². The molecule has 0 spiro atoms. The molecule has 2 heterocycles. The molecule has 0 amide bonds. The van der Waals surface area contributed by atoms with E-state index in [0.29, 0.717) is 28.4 Å². The molecule has 0 radical (unpaired) electrons. The number of aryl methyl sites for hydroxylation is 1. The zero-order valence-electron chi connectivity index (χ0n) is 14.3. The molecule has 0 aliphatic carbocycles. The van der Waals surface area contributed by atoms with Gasteiger partial charge in [0.15, 0.2) is 5.65 Å². The number of hydrogen-bond donors (Lipinski definition) is 1. The summed E-state index contributed by atoms with van der Waals surface area (Å²) in [4.78, 5) is 15.0. The maximum atomic E-state index is 13.1. The van der Waals surface area contributed by atoms with Gasteiger partial charge in [0.2, 0.25) is 0 Å². The van der Waals surface area contributed by atoms with E-state index in [4.69, 9.17) is 0 Å². The monoisotopic (exact) mass is 363 g/mol. The summed E-state index contributed by atoms with van der Waals surface area (Å²) in [5.41, 5.74) is 3.27. The van der Waals surface area contributed by atoms with Crippen LogP contribution in [0, 0.1) is 22.9 Å². The Morgan fingerprint density at radius 2 is 1.89 bits per heavy atom. The molecule has 0 aliphatic rings. The van der Waals surface area contributed by atoms with Crippen LogP contribution in [0.3, 0.4) is 0 Å². The highest BCUT2D eigenvalue weighted by Crippen LogP contribution is 2.26. The molecule has 0 unspecified atom stereocenters. The molecule has 8 heteroatoms. The molecular weight excluding hydrogens is 349 g/mol. The molecule has 2 aromatic heterocycles. The maximum Gasteiger partial charge on any atom is 0.270 e. The molecule has 7 nitrogen and oxygen atoms in total. The van der Waals surface area contributed by atoms with Gasteiger partial charge in [0.1, 0.15) is 11.6 Å². The van der Waals surface area contributed by atoms with Crippen LogP contribution in [0.15, 0.2) is 60.7 Å². The van der Waals surface area contributed by atoms with Gasteiger partial charge < -0.3 is 5.32 Å². The number of hydrogen-bond acceptors (Lipinski definition) is 5. The van der Waals surface area contributed by atoms with Crippen LogP contribution >= 0.6 is 0 Å². The van der Waals surface area contributed by atoms with Crippen molar-refractivity contribution in [3.05, 3.63) is 82.3 Å². The lowest BCUT2D eigenvalue weighted by molar-refractivity contribution is -0.384. The molecule has 0 aliphatic heterocycles. The quantitative estimate of drug-likeness (QED) is 0.426. The first-order valence-corrected chi connectivity index (χ1v) is 8.14. The number of aromatic nitrogens is 3. The van der Waals surface area contributed by atoms with Gasteiger partial charge in [0.25, 0.3) is 5.69 Å². The van der Waals surface area contributed by atoms with Crippen LogP contribution in [-0.4, -0.2) is 19.5 Å². The molecule has 0 bridgehead atoms. The van der Waals surface area contributed by atoms with E-state index in [9.17, 15) is 14.5 Å². The van der Waals surface area contributed by atoms with E-state index in [-0.39, 0.29) is 11.5 Å². The number of non-ortho nitro benzene ring substituents is 1. The van der Waals surface area contributed by atoms with Gasteiger partial charge in [-0.2, -0.15) is 9.61 Å². The van der Waals surface area contributed by atoms with Crippen LogP contribution in [0.4, 0.5) is 21.6 Å². The molecule has 4 aromatic rings. The third-order valence-electron chi connectivity index (χ3n) is 4.02. The summed E-state index contributed by atoms with van der Waals surface area (Å²) in [6, 6.07) is 15.9. The van der Waals surface area contributed by atoms with Gasteiger partial charge in [-0.3, -0.25) is 10.1 Å². The first kappa shape index (κ1) is 16.6. The first-order chi connectivity index (χ1) is 13.0. The number of fused-ring (bicyclic) bond motifs is 1. The van der Waals surface area contributed by atoms with Crippen LogP contribution in [-0.2, 0) is 0 Å². The summed E-state index contributed by atoms with van der Waals surface area (Å²) < 4.78 is 14.7. The minimum absolute atomic E-state index is 0.00152. The highest BCUT2D eigenvalue weighted by molar-refractivity contribution is 5.69. The Kier molecular flexibility index (Phi) is 4.00. The van der Waals surface area contributed by atoms with E-state index in [2.05, 4.69) is 15.4 Å². The lowest BCUT2D eigenvalue weighted by Gasteiger charge is -2.09. The van der Waals surface area contributed by atoms with Crippen LogP contribution in [0.25, 0.3) is 16.9 Å². The minimum Gasteiger partial charge on any atom is -0.340 e. The van der Waals surface area contributed by atoms with Gasteiger partial charge in [-0.15, -0.1) is 0 Å². The van der Waals surface area contributed by atoms with Gasteiger partial charge in [-0.25, -0.2) is 9.37 Å². The highest BCUT2D eigenvalue weighted by atomic mass is 19.1. The van der Waals surface area contributed by atoms with E-state index in [0.717, 1.165) is 5.69 Å². The van der Waals surface area contributed by atoms with E-state index < -0.39 is 4.92 Å². The molecule has 0 atom stereocenters. The fourth-order valence-electron chi connectivity index (χ4n) is 2.79. The molecule has 134 valence electrons. The van der Waals surface area contributed by atoms with Crippen molar-refractivity contribution in [2.24, 2.45) is 0 Å². The standard InChI is InChI=1S/C19H14FN5O2/c1-12-9-18(22-15-7-5-14(20)6-8-15)24-19(21-12)11-17(23-24)13-3-2-4-16(10-13)25(26)27/h2-11,22H,1H3. The number of anilines is 2. The van der Waals surface area contributed by atoms with Crippen molar-refractivity contribution in [1.29, 1.82) is 0 Å². The number of rotatable bonds is 4. The van der Waals surface area contributed by atoms with Crippen molar-refractivity contribution in [3.63, 3.8) is 0 Å². The zero-order chi connectivity index (χ0) is 19.0. The van der Waals surface area contributed by atoms with Crippen molar-refractivity contribution in [3.8, 4) is 11.3 Å². The third-order valence-corrected chi connectivity index (χ3v) is 4.02. The minimum atomic E-state index is -0.441. The number of nitro groups is 1. The molecule has 0 fully saturated rings. The SMILES string of the molecule is Cc1cc(Nc2ccc(F)cc2)n2nc(-c3cccc([N+](=O)[O-])c3)cc2n1.